The Hall–Kier alpha value is -1.00. The Labute approximate surface area is 104 Å². The molecule has 0 aliphatic rings. The van der Waals surface area contributed by atoms with E-state index in [-0.39, 0.29) is 5.91 Å². The van der Waals surface area contributed by atoms with Crippen LogP contribution in [0.25, 0.3) is 0 Å². The summed E-state index contributed by atoms with van der Waals surface area (Å²) in [5.41, 5.74) is 3.29. The molecule has 0 spiro atoms. The van der Waals surface area contributed by atoms with Crippen molar-refractivity contribution in [2.24, 2.45) is 5.10 Å². The number of nitrogens with one attached hydrogen (secondary N) is 1. The van der Waals surface area contributed by atoms with E-state index in [1.165, 1.54) is 11.8 Å². The van der Waals surface area contributed by atoms with Crippen LogP contribution in [0.2, 0.25) is 5.02 Å². The van der Waals surface area contributed by atoms with Crippen LogP contribution in [-0.4, -0.2) is 17.4 Å². The van der Waals surface area contributed by atoms with Gasteiger partial charge in [-0.3, -0.25) is 4.79 Å². The van der Waals surface area contributed by atoms with Crippen LogP contribution in [0.5, 0.6) is 0 Å². The zero-order chi connectivity index (χ0) is 12.0. The summed E-state index contributed by atoms with van der Waals surface area (Å²) in [7, 11) is 0. The lowest BCUT2D eigenvalue weighted by Crippen LogP contribution is -2.20. The number of carbonyl (C=O) groups excluding carboxylic acids is 1. The summed E-state index contributed by atoms with van der Waals surface area (Å²) in [5, 5.41) is 4.53. The third-order valence-electron chi connectivity index (χ3n) is 1.59. The predicted octanol–water partition coefficient (Wildman–Crippen LogP) is 2.94. The van der Waals surface area contributed by atoms with Crippen LogP contribution >= 0.6 is 23.4 Å². The molecule has 0 aliphatic heterocycles. The fourth-order valence-electron chi connectivity index (χ4n) is 0.886. The minimum atomic E-state index is -0.110. The number of hydrazone groups is 1. The summed E-state index contributed by atoms with van der Waals surface area (Å²) >= 11 is 7.20. The molecule has 1 aromatic carbocycles. The van der Waals surface area contributed by atoms with Crippen molar-refractivity contribution in [2.45, 2.75) is 18.7 Å². The first-order chi connectivity index (χ1) is 7.58. The second-order valence-electron chi connectivity index (χ2n) is 3.34. The topological polar surface area (TPSA) is 41.5 Å². The van der Waals surface area contributed by atoms with Gasteiger partial charge in [-0.25, -0.2) is 5.43 Å². The molecule has 0 saturated heterocycles. The molecule has 0 fully saturated rings. The molecule has 0 saturated carbocycles. The highest BCUT2D eigenvalue weighted by molar-refractivity contribution is 8.00. The Kier molecular flexibility index (Phi) is 5.35. The lowest BCUT2D eigenvalue weighted by atomic mass is 10.4. The second-order valence-corrected chi connectivity index (χ2v) is 4.82. The molecule has 5 heteroatoms. The van der Waals surface area contributed by atoms with Gasteiger partial charge < -0.3 is 0 Å². The summed E-state index contributed by atoms with van der Waals surface area (Å²) in [4.78, 5) is 12.3. The van der Waals surface area contributed by atoms with E-state index >= 15 is 0 Å². The average molecular weight is 257 g/mol. The maximum Gasteiger partial charge on any atom is 0.250 e. The fraction of sp³-hybridized carbons (Fsp3) is 0.273. The molecule has 0 radical (unpaired) electrons. The smallest absolute Gasteiger partial charge is 0.250 e. The SMILES string of the molecule is CC(C)=NNC(=O)CSc1ccc(Cl)cc1. The first-order valence-electron chi connectivity index (χ1n) is 4.76. The Balaban J connectivity index is 2.37. The molecule has 0 aliphatic carbocycles. The molecule has 0 aromatic heterocycles. The fourth-order valence-corrected chi connectivity index (χ4v) is 1.70. The first-order valence-corrected chi connectivity index (χ1v) is 6.12. The highest BCUT2D eigenvalue weighted by atomic mass is 35.5. The monoisotopic (exact) mass is 256 g/mol. The molecule has 1 rings (SSSR count). The van der Waals surface area contributed by atoms with E-state index in [1.807, 2.05) is 26.0 Å². The molecular formula is C11H13ClN2OS. The molecular weight excluding hydrogens is 244 g/mol. The molecule has 0 heterocycles. The standard InChI is InChI=1S/C11H13ClN2OS/c1-8(2)13-14-11(15)7-16-10-5-3-9(12)4-6-10/h3-6H,7H2,1-2H3,(H,14,15). The first kappa shape index (κ1) is 13.1. The average Bonchev–Trinajstić information content (AvgIpc) is 2.25. The van der Waals surface area contributed by atoms with Gasteiger partial charge in [-0.15, -0.1) is 11.8 Å². The molecule has 1 amide bonds. The summed E-state index contributed by atoms with van der Waals surface area (Å²) in [6.45, 7) is 3.65. The Morgan fingerprint density at radius 1 is 1.38 bits per heavy atom. The van der Waals surface area contributed by atoms with Gasteiger partial charge in [0.05, 0.1) is 5.75 Å². The summed E-state index contributed by atoms with van der Waals surface area (Å²) in [6, 6.07) is 7.37. The van der Waals surface area contributed by atoms with E-state index < -0.39 is 0 Å². The van der Waals surface area contributed by atoms with Gasteiger partial charge in [0.25, 0.3) is 0 Å². The highest BCUT2D eigenvalue weighted by Gasteiger charge is 2.01. The summed E-state index contributed by atoms with van der Waals surface area (Å²) in [6.07, 6.45) is 0. The van der Waals surface area contributed by atoms with E-state index in [9.17, 15) is 4.79 Å². The van der Waals surface area contributed by atoms with Crippen molar-refractivity contribution in [3.8, 4) is 0 Å². The van der Waals surface area contributed by atoms with Gasteiger partial charge in [0.15, 0.2) is 0 Å². The van der Waals surface area contributed by atoms with Crippen LogP contribution < -0.4 is 5.43 Å². The van der Waals surface area contributed by atoms with E-state index in [0.29, 0.717) is 10.8 Å². The minimum absolute atomic E-state index is 0.110. The van der Waals surface area contributed by atoms with Gasteiger partial charge in [-0.1, -0.05) is 11.6 Å². The van der Waals surface area contributed by atoms with Crippen LogP contribution in [0.3, 0.4) is 0 Å². The van der Waals surface area contributed by atoms with E-state index in [4.69, 9.17) is 11.6 Å². The van der Waals surface area contributed by atoms with Crippen molar-refractivity contribution < 1.29 is 4.79 Å². The third-order valence-corrected chi connectivity index (χ3v) is 2.85. The number of hydrogen-bond acceptors (Lipinski definition) is 3. The molecule has 1 N–H and O–H groups in total. The number of halogens is 1. The molecule has 0 unspecified atom stereocenters. The van der Waals surface area contributed by atoms with Crippen LogP contribution in [0, 0.1) is 0 Å². The van der Waals surface area contributed by atoms with E-state index in [2.05, 4.69) is 10.5 Å². The number of thioether (sulfide) groups is 1. The van der Waals surface area contributed by atoms with Crippen LogP contribution in [0.1, 0.15) is 13.8 Å². The maximum absolute atomic E-state index is 11.3. The number of benzene rings is 1. The van der Waals surface area contributed by atoms with Crippen molar-refractivity contribution in [1.29, 1.82) is 0 Å². The number of nitrogens with zero attached hydrogens (tertiary/aromatic N) is 1. The number of hydrogen-bond donors (Lipinski definition) is 1. The van der Waals surface area contributed by atoms with Crippen LogP contribution in [0.15, 0.2) is 34.3 Å². The normalized spacial score (nSPS) is 9.69. The molecule has 3 nitrogen and oxygen atoms in total. The third kappa shape index (κ3) is 5.19. The van der Waals surface area contributed by atoms with Gasteiger partial charge in [0, 0.05) is 15.6 Å². The van der Waals surface area contributed by atoms with Crippen molar-refractivity contribution in [2.75, 3.05) is 5.75 Å². The van der Waals surface area contributed by atoms with Crippen LogP contribution in [0.4, 0.5) is 0 Å². The lowest BCUT2D eigenvalue weighted by Gasteiger charge is -2.01. The zero-order valence-electron chi connectivity index (χ0n) is 9.16. The Bertz CT molecular complexity index is 385. The van der Waals surface area contributed by atoms with E-state index in [1.54, 1.807) is 12.1 Å². The van der Waals surface area contributed by atoms with Gasteiger partial charge >= 0.3 is 0 Å². The van der Waals surface area contributed by atoms with Gasteiger partial charge in [0.1, 0.15) is 0 Å². The number of amides is 1. The van der Waals surface area contributed by atoms with Crippen molar-refractivity contribution in [3.63, 3.8) is 0 Å². The van der Waals surface area contributed by atoms with Gasteiger partial charge in [-0.2, -0.15) is 5.10 Å². The van der Waals surface area contributed by atoms with Crippen molar-refractivity contribution >= 4 is 35.0 Å². The molecule has 86 valence electrons. The van der Waals surface area contributed by atoms with Gasteiger partial charge in [-0.05, 0) is 38.1 Å². The quantitative estimate of drug-likeness (QED) is 0.511. The molecule has 0 atom stereocenters. The Morgan fingerprint density at radius 3 is 2.56 bits per heavy atom. The lowest BCUT2D eigenvalue weighted by molar-refractivity contribution is -0.118. The predicted molar refractivity (Wildman–Crippen MR) is 69.1 cm³/mol. The maximum atomic E-state index is 11.3. The summed E-state index contributed by atoms with van der Waals surface area (Å²) < 4.78 is 0. The number of rotatable bonds is 4. The second kappa shape index (κ2) is 6.55. The van der Waals surface area contributed by atoms with Crippen LogP contribution in [-0.2, 0) is 4.79 Å². The number of carbonyl (C=O) groups is 1. The van der Waals surface area contributed by atoms with Crippen molar-refractivity contribution in [1.82, 2.24) is 5.43 Å². The van der Waals surface area contributed by atoms with E-state index in [0.717, 1.165) is 10.6 Å². The minimum Gasteiger partial charge on any atom is -0.272 e. The molecule has 1 aromatic rings. The van der Waals surface area contributed by atoms with Crippen molar-refractivity contribution in [3.05, 3.63) is 29.3 Å². The molecule has 16 heavy (non-hydrogen) atoms. The Morgan fingerprint density at radius 2 is 2.00 bits per heavy atom. The summed E-state index contributed by atoms with van der Waals surface area (Å²) in [5.74, 6) is 0.236. The largest absolute Gasteiger partial charge is 0.272 e. The van der Waals surface area contributed by atoms with Gasteiger partial charge in [0.2, 0.25) is 5.91 Å². The molecule has 0 bridgehead atoms. The highest BCUT2D eigenvalue weighted by Crippen LogP contribution is 2.19. The zero-order valence-corrected chi connectivity index (χ0v) is 10.7.